The second kappa shape index (κ2) is 11.2. The Bertz CT molecular complexity index is 1900. The summed E-state index contributed by atoms with van der Waals surface area (Å²) in [6.45, 7) is -1.56. The third-order valence-electron chi connectivity index (χ3n) is 11.4. The lowest BCUT2D eigenvalue weighted by atomic mass is 9.72. The van der Waals surface area contributed by atoms with Gasteiger partial charge in [-0.1, -0.05) is 42.5 Å². The molecule has 7 atom stereocenters. The van der Waals surface area contributed by atoms with Gasteiger partial charge in [-0.3, -0.25) is 28.6 Å². The molecular weight excluding hydrogens is 665 g/mol. The molecule has 3 unspecified atom stereocenters. The third-order valence-corrected chi connectivity index (χ3v) is 11.4. The van der Waals surface area contributed by atoms with Crippen LogP contribution in [0.1, 0.15) is 61.0 Å². The van der Waals surface area contributed by atoms with Crippen LogP contribution in [0.15, 0.2) is 48.5 Å². The Morgan fingerprint density at radius 1 is 1.12 bits per heavy atom. The second-order valence-electron chi connectivity index (χ2n) is 14.3. The van der Waals surface area contributed by atoms with E-state index in [1.165, 1.54) is 19.1 Å². The number of likely N-dealkylation sites (tertiary alicyclic amines) is 1. The molecular formula is C35H36F5N5O5. The van der Waals surface area contributed by atoms with E-state index < -0.39 is 71.8 Å². The molecule has 0 radical (unpaired) electrons. The fraction of sp³-hybridized carbons (Fsp3) is 0.514. The number of rotatable bonds is 5. The average molecular weight is 702 g/mol. The number of nitrogens with one attached hydrogen (secondary N) is 1. The number of amides is 3. The molecule has 5 heterocycles. The average Bonchev–Trinajstić information content (AvgIpc) is 3.74. The Morgan fingerprint density at radius 2 is 1.86 bits per heavy atom. The van der Waals surface area contributed by atoms with Gasteiger partial charge in [0.2, 0.25) is 17.5 Å². The van der Waals surface area contributed by atoms with Crippen LogP contribution < -0.4 is 5.32 Å². The summed E-state index contributed by atoms with van der Waals surface area (Å²) in [5.74, 6) is -5.10. The molecule has 1 aromatic heterocycles. The molecule has 1 aliphatic carbocycles. The lowest BCUT2D eigenvalue weighted by Crippen LogP contribution is -2.71. The molecule has 4 aliphatic heterocycles. The Morgan fingerprint density at radius 3 is 2.56 bits per heavy atom. The number of carbonyl (C=O) groups is 3. The van der Waals surface area contributed by atoms with E-state index in [9.17, 15) is 41.4 Å². The van der Waals surface area contributed by atoms with Crippen molar-refractivity contribution >= 4 is 28.6 Å². The minimum atomic E-state index is -5.01. The minimum absolute atomic E-state index is 0.0559. The number of benzene rings is 2. The molecule has 0 spiro atoms. The smallest absolute Gasteiger partial charge is 0.347 e. The number of hydrogen-bond donors (Lipinski definition) is 2. The zero-order chi connectivity index (χ0) is 35.5. The summed E-state index contributed by atoms with van der Waals surface area (Å²) in [7, 11) is 1.68. The van der Waals surface area contributed by atoms with E-state index in [4.69, 9.17) is 4.74 Å². The summed E-state index contributed by atoms with van der Waals surface area (Å²) in [6.07, 6.45) is -3.86. The summed E-state index contributed by atoms with van der Waals surface area (Å²) in [4.78, 5) is 46.4. The maximum atomic E-state index is 14.3. The highest BCUT2D eigenvalue weighted by atomic mass is 19.4. The fourth-order valence-corrected chi connectivity index (χ4v) is 9.37. The van der Waals surface area contributed by atoms with Crippen LogP contribution in [0.3, 0.4) is 0 Å². The van der Waals surface area contributed by atoms with Crippen LogP contribution in [0.2, 0.25) is 0 Å². The molecule has 5 aliphatic rings. The van der Waals surface area contributed by atoms with Crippen molar-refractivity contribution < 1.29 is 46.2 Å². The van der Waals surface area contributed by atoms with Crippen LogP contribution in [0.25, 0.3) is 10.9 Å². The molecule has 2 N–H and O–H groups in total. The predicted octanol–water partition coefficient (Wildman–Crippen LogP) is 3.97. The number of nitrogens with zero attached hydrogens (tertiary/aromatic N) is 4. The molecule has 15 heteroatoms. The Balaban J connectivity index is 1.10. The van der Waals surface area contributed by atoms with Crippen LogP contribution in [-0.4, -0.2) is 92.0 Å². The molecule has 10 nitrogen and oxygen atoms in total. The summed E-state index contributed by atoms with van der Waals surface area (Å²) in [6, 6.07) is 11.0. The Labute approximate surface area is 283 Å². The monoisotopic (exact) mass is 701 g/mol. The van der Waals surface area contributed by atoms with Crippen molar-refractivity contribution in [2.45, 2.75) is 87.4 Å². The number of piperazine rings is 1. The largest absolute Gasteiger partial charge is 0.431 e. The van der Waals surface area contributed by atoms with Crippen molar-refractivity contribution in [2.24, 2.45) is 5.92 Å². The standard InChI is InChI=1S/C35H36F5N5O5/c1-33(31(48)45-25(14-18-8-4-3-5-9-18)30(47)43-13-7-12-26(43)35(45,49)50-33)41-29(46)19-15-21-20-10-6-11-23-27(20)22(16-24(21)42(2)17-19)28(34(38,39)40)44(23)32(36)37/h3-6,8-11,19,21,24-26,32,49H,7,12-17H2,1-2H3,(H,41,46)/t19?,21-,24?,25+,26?,33-,35+/m1/s1. The highest BCUT2D eigenvalue weighted by Crippen LogP contribution is 2.51. The third kappa shape index (κ3) is 4.72. The molecule has 4 fully saturated rings. The van der Waals surface area contributed by atoms with Gasteiger partial charge in [-0.2, -0.15) is 22.0 Å². The summed E-state index contributed by atoms with van der Waals surface area (Å²) in [5.41, 5.74) is -2.56. The summed E-state index contributed by atoms with van der Waals surface area (Å²) in [5, 5.41) is 14.9. The number of alkyl halides is 5. The number of aliphatic hydroxyl groups is 1. The van der Waals surface area contributed by atoms with E-state index in [-0.39, 0.29) is 52.7 Å². The predicted molar refractivity (Wildman–Crippen MR) is 167 cm³/mol. The van der Waals surface area contributed by atoms with Crippen LogP contribution in [0, 0.1) is 5.92 Å². The minimum Gasteiger partial charge on any atom is -0.347 e. The molecule has 3 amide bonds. The van der Waals surface area contributed by atoms with E-state index in [0.717, 1.165) is 10.5 Å². The van der Waals surface area contributed by atoms with Gasteiger partial charge >= 0.3 is 12.7 Å². The first-order chi connectivity index (χ1) is 23.6. The number of carbonyl (C=O) groups excluding carboxylic acids is 3. The van der Waals surface area contributed by atoms with Crippen molar-refractivity contribution in [1.82, 2.24) is 24.6 Å². The topological polar surface area (TPSA) is 107 Å². The van der Waals surface area contributed by atoms with Crippen molar-refractivity contribution in [3.05, 3.63) is 70.9 Å². The number of halogens is 5. The molecule has 2 aromatic carbocycles. The molecule has 4 saturated heterocycles. The van der Waals surface area contributed by atoms with Gasteiger partial charge in [0.25, 0.3) is 11.8 Å². The number of hydrogen-bond acceptors (Lipinski definition) is 6. The highest BCUT2D eigenvalue weighted by Gasteiger charge is 2.70. The molecule has 0 bridgehead atoms. The van der Waals surface area contributed by atoms with Gasteiger partial charge in [0.1, 0.15) is 17.8 Å². The number of fused-ring (bicyclic) bond motifs is 5. The van der Waals surface area contributed by atoms with Gasteiger partial charge in [0.15, 0.2) is 0 Å². The Kier molecular flexibility index (Phi) is 7.42. The van der Waals surface area contributed by atoms with Crippen LogP contribution >= 0.6 is 0 Å². The van der Waals surface area contributed by atoms with E-state index in [2.05, 4.69) is 5.32 Å². The molecule has 50 heavy (non-hydrogen) atoms. The van der Waals surface area contributed by atoms with E-state index >= 15 is 0 Å². The van der Waals surface area contributed by atoms with Crippen molar-refractivity contribution in [1.29, 1.82) is 0 Å². The SMILES string of the molecule is CN1CC(C(=O)N[C@]2(C)O[C@@]3(O)C4CCCN4C(=O)[C@H](Cc4ccccc4)N3C2=O)C[C@@H]2c3cccc4c3c(c(C(F)(F)F)n4C(F)F)CC21. The van der Waals surface area contributed by atoms with Gasteiger partial charge in [-0.25, -0.2) is 0 Å². The Hall–Kier alpha value is -4.08. The number of ether oxygens (including phenoxy) is 1. The van der Waals surface area contributed by atoms with Gasteiger partial charge in [0, 0.05) is 36.9 Å². The zero-order valence-electron chi connectivity index (χ0n) is 27.3. The molecule has 8 rings (SSSR count). The van der Waals surface area contributed by atoms with Gasteiger partial charge < -0.3 is 20.2 Å². The van der Waals surface area contributed by atoms with Crippen LogP contribution in [0.4, 0.5) is 22.0 Å². The second-order valence-corrected chi connectivity index (χ2v) is 14.3. The lowest BCUT2D eigenvalue weighted by molar-refractivity contribution is -0.315. The van der Waals surface area contributed by atoms with Crippen LogP contribution in [-0.2, 0) is 38.1 Å². The normalized spacial score (nSPS) is 32.5. The van der Waals surface area contributed by atoms with E-state index in [0.29, 0.717) is 24.9 Å². The maximum Gasteiger partial charge on any atom is 0.431 e. The first-order valence-electron chi connectivity index (χ1n) is 16.8. The first kappa shape index (κ1) is 33.1. The molecule has 3 aromatic rings. The van der Waals surface area contributed by atoms with E-state index in [1.54, 1.807) is 22.9 Å². The van der Waals surface area contributed by atoms with Gasteiger partial charge in [-0.05, 0) is 62.4 Å². The van der Waals surface area contributed by atoms with Gasteiger partial charge in [-0.15, -0.1) is 0 Å². The maximum absolute atomic E-state index is 14.3. The summed E-state index contributed by atoms with van der Waals surface area (Å²) < 4.78 is 77.3. The lowest BCUT2D eigenvalue weighted by Gasteiger charge is -2.48. The van der Waals surface area contributed by atoms with Crippen LogP contribution in [0.5, 0.6) is 0 Å². The number of aromatic nitrogens is 1. The van der Waals surface area contributed by atoms with Gasteiger partial charge in [0.05, 0.1) is 11.4 Å². The van der Waals surface area contributed by atoms with Crippen molar-refractivity contribution in [3.8, 4) is 0 Å². The number of piperidine rings is 1. The molecule has 0 saturated carbocycles. The van der Waals surface area contributed by atoms with E-state index in [1.807, 2.05) is 30.3 Å². The molecule has 266 valence electrons. The van der Waals surface area contributed by atoms with Crippen molar-refractivity contribution in [2.75, 3.05) is 20.1 Å². The quantitative estimate of drug-likeness (QED) is 0.391. The first-order valence-corrected chi connectivity index (χ1v) is 16.8. The fourth-order valence-electron chi connectivity index (χ4n) is 9.37. The van der Waals surface area contributed by atoms with Crippen molar-refractivity contribution in [3.63, 3.8) is 0 Å². The zero-order valence-corrected chi connectivity index (χ0v) is 27.3. The summed E-state index contributed by atoms with van der Waals surface area (Å²) >= 11 is 0. The number of likely N-dealkylation sites (N-methyl/N-ethyl adjacent to an activating group) is 1. The highest BCUT2D eigenvalue weighted by molar-refractivity contribution is 5.97.